The quantitative estimate of drug-likeness (QED) is 0.0909. The number of rotatable bonds is 14. The number of aromatic amines is 1. The second-order valence-electron chi connectivity index (χ2n) is 13.9. The summed E-state index contributed by atoms with van der Waals surface area (Å²) in [7, 11) is 1.54. The lowest BCUT2D eigenvalue weighted by atomic mass is 9.86. The van der Waals surface area contributed by atoms with Gasteiger partial charge < -0.3 is 45.4 Å². The number of aromatic nitrogens is 1. The molecule has 3 aliphatic rings. The first-order valence-corrected chi connectivity index (χ1v) is 18.4. The fourth-order valence-electron chi connectivity index (χ4n) is 7.44. The van der Waals surface area contributed by atoms with Gasteiger partial charge in [0.05, 0.1) is 24.8 Å². The number of nitrogens with one attached hydrogen (secondary N) is 4. The predicted octanol–water partition coefficient (Wildman–Crippen LogP) is 4.99. The number of hydrogen-bond acceptors (Lipinski definition) is 10. The van der Waals surface area contributed by atoms with Gasteiger partial charge in [0.1, 0.15) is 23.4 Å². The summed E-state index contributed by atoms with van der Waals surface area (Å²) in [6, 6.07) is 27.7. The molecule has 8 rings (SSSR count). The van der Waals surface area contributed by atoms with E-state index in [0.717, 1.165) is 49.2 Å². The van der Waals surface area contributed by atoms with E-state index >= 15 is 0 Å². The zero-order valence-electron chi connectivity index (χ0n) is 30.5. The molecule has 3 saturated heterocycles. The Bertz CT molecular complexity index is 2190. The van der Waals surface area contributed by atoms with Crippen molar-refractivity contribution in [1.82, 2.24) is 20.5 Å². The largest absolute Gasteiger partial charge is 0.506 e. The molecular formula is C42H45N5O8. The Hall–Kier alpha value is -5.89. The molecule has 13 heteroatoms. The highest BCUT2D eigenvalue weighted by atomic mass is 16.6. The molecule has 2 unspecified atom stereocenters. The number of alkyl carbamates (subject to hydrolysis) is 1. The minimum atomic E-state index is -0.920. The zero-order valence-corrected chi connectivity index (χ0v) is 30.5. The summed E-state index contributed by atoms with van der Waals surface area (Å²) in [5, 5.41) is 30.7. The van der Waals surface area contributed by atoms with Gasteiger partial charge in [0.2, 0.25) is 5.56 Å². The van der Waals surface area contributed by atoms with E-state index in [1.54, 1.807) is 30.3 Å². The van der Waals surface area contributed by atoms with Crippen LogP contribution in [0.2, 0.25) is 0 Å². The maximum atomic E-state index is 13.2. The fourth-order valence-corrected chi connectivity index (χ4v) is 7.44. The fraction of sp³-hybridized carbons (Fsp3) is 0.310. The maximum Gasteiger partial charge on any atom is 0.408 e. The van der Waals surface area contributed by atoms with Gasteiger partial charge in [-0.1, -0.05) is 54.6 Å². The van der Waals surface area contributed by atoms with E-state index in [1.807, 2.05) is 54.6 Å². The van der Waals surface area contributed by atoms with Gasteiger partial charge in [-0.2, -0.15) is 0 Å². The molecule has 2 amide bonds. The van der Waals surface area contributed by atoms with Crippen molar-refractivity contribution >= 4 is 28.6 Å². The van der Waals surface area contributed by atoms with Gasteiger partial charge in [-0.3, -0.25) is 14.5 Å². The second-order valence-corrected chi connectivity index (χ2v) is 13.9. The lowest BCUT2D eigenvalue weighted by molar-refractivity contribution is -0.118. The molecule has 55 heavy (non-hydrogen) atoms. The number of benzene rings is 4. The third kappa shape index (κ3) is 9.08. The topological polar surface area (TPSA) is 174 Å². The highest BCUT2D eigenvalue weighted by Crippen LogP contribution is 2.32. The van der Waals surface area contributed by atoms with E-state index in [-0.39, 0.29) is 42.0 Å². The number of hydrogen-bond donors (Lipinski definition) is 6. The van der Waals surface area contributed by atoms with E-state index < -0.39 is 18.2 Å². The summed E-state index contributed by atoms with van der Waals surface area (Å²) in [6.45, 7) is 3.18. The molecule has 3 atom stereocenters. The Morgan fingerprint density at radius 2 is 1.75 bits per heavy atom. The number of pyridine rings is 1. The number of ether oxygens (including phenoxy) is 3. The van der Waals surface area contributed by atoms with Crippen molar-refractivity contribution in [2.75, 3.05) is 45.2 Å². The van der Waals surface area contributed by atoms with Crippen LogP contribution >= 0.6 is 0 Å². The third-order valence-corrected chi connectivity index (χ3v) is 10.3. The van der Waals surface area contributed by atoms with Gasteiger partial charge >= 0.3 is 6.09 Å². The van der Waals surface area contributed by atoms with E-state index in [1.165, 1.54) is 19.2 Å². The zero-order chi connectivity index (χ0) is 38.3. The molecule has 13 nitrogen and oxygen atoms in total. The molecule has 3 fully saturated rings. The number of carbonyl (C=O) groups excluding carboxylic acids is 2. The van der Waals surface area contributed by atoms with Crippen LogP contribution in [-0.2, 0) is 16.1 Å². The highest BCUT2D eigenvalue weighted by Gasteiger charge is 2.37. The Kier molecular flexibility index (Phi) is 11.6. The Morgan fingerprint density at radius 1 is 0.945 bits per heavy atom. The van der Waals surface area contributed by atoms with Gasteiger partial charge in [-0.05, 0) is 78.9 Å². The molecule has 286 valence electrons. The van der Waals surface area contributed by atoms with Crippen LogP contribution in [-0.4, -0.2) is 78.1 Å². The number of carbonyl (C=O) groups is 2. The predicted molar refractivity (Wildman–Crippen MR) is 207 cm³/mol. The first kappa shape index (κ1) is 37.4. The van der Waals surface area contributed by atoms with Crippen molar-refractivity contribution < 1.29 is 34.0 Å². The van der Waals surface area contributed by atoms with Crippen LogP contribution in [0.3, 0.4) is 0 Å². The maximum absolute atomic E-state index is 13.2. The SMILES string of the molecule is COc1cc(NC(=O)COc2cccc([C@@H](NC(=O)OC3CN4CCC3CC4)c3ccccc3)c2)ccc1CNCC(O)c1ccc(O)c2[nH]c(=O)ccc12. The van der Waals surface area contributed by atoms with Crippen molar-refractivity contribution in [1.29, 1.82) is 0 Å². The smallest absolute Gasteiger partial charge is 0.408 e. The van der Waals surface area contributed by atoms with Crippen molar-refractivity contribution in [3.8, 4) is 17.2 Å². The lowest BCUT2D eigenvalue weighted by Gasteiger charge is -2.43. The molecule has 1 aromatic heterocycles. The molecule has 4 heterocycles. The van der Waals surface area contributed by atoms with Crippen LogP contribution in [0.1, 0.15) is 47.2 Å². The Labute approximate surface area is 318 Å². The number of aliphatic hydroxyl groups excluding tert-OH is 1. The van der Waals surface area contributed by atoms with Gasteiger partial charge in [0.25, 0.3) is 5.91 Å². The van der Waals surface area contributed by atoms with Gasteiger partial charge in [0, 0.05) is 48.4 Å². The van der Waals surface area contributed by atoms with E-state index in [2.05, 4.69) is 25.8 Å². The number of aliphatic hydroxyl groups is 1. The van der Waals surface area contributed by atoms with Gasteiger partial charge in [0.15, 0.2) is 6.61 Å². The van der Waals surface area contributed by atoms with Gasteiger partial charge in [-0.25, -0.2) is 4.79 Å². The number of aromatic hydroxyl groups is 1. The van der Waals surface area contributed by atoms with E-state index in [0.29, 0.717) is 40.6 Å². The first-order valence-electron chi connectivity index (χ1n) is 18.4. The normalized spacial score (nSPS) is 18.6. The number of fused-ring (bicyclic) bond motifs is 4. The minimum absolute atomic E-state index is 0.0751. The van der Waals surface area contributed by atoms with E-state index in [9.17, 15) is 24.6 Å². The summed E-state index contributed by atoms with van der Waals surface area (Å²) >= 11 is 0. The molecule has 0 aliphatic carbocycles. The van der Waals surface area contributed by atoms with Crippen molar-refractivity contribution in [3.05, 3.63) is 130 Å². The number of methoxy groups -OCH3 is 1. The van der Waals surface area contributed by atoms with Crippen molar-refractivity contribution in [2.24, 2.45) is 5.92 Å². The van der Waals surface area contributed by atoms with E-state index in [4.69, 9.17) is 14.2 Å². The van der Waals surface area contributed by atoms with Crippen LogP contribution in [0.15, 0.2) is 102 Å². The number of H-pyrrole nitrogens is 1. The number of amides is 2. The van der Waals surface area contributed by atoms with Crippen LogP contribution < -0.4 is 31.0 Å². The number of phenols is 1. The van der Waals surface area contributed by atoms with Crippen LogP contribution in [0, 0.1) is 5.92 Å². The second kappa shape index (κ2) is 17.1. The number of phenolic OH excluding ortho intramolecular Hbond substituents is 1. The monoisotopic (exact) mass is 747 g/mol. The first-order chi connectivity index (χ1) is 26.7. The summed E-state index contributed by atoms with van der Waals surface area (Å²) in [6.07, 6.45) is 0.591. The standard InChI is InChI=1S/C42H45N5O8/c1-53-36-21-30(11-10-29(36)22-43-23-35(49)32-12-14-34(48)41-33(32)13-15-38(50)45-41)44-39(51)25-54-31-9-5-8-28(20-31)40(27-6-3-2-4-7-27)46-42(52)55-37-24-47-18-16-26(37)17-19-47/h2-15,20-21,26,35,37,40,43,48-49H,16-19,22-25H2,1H3,(H,44,51)(H,45,50)(H,46,52)/t35?,37?,40-/m0/s1. The summed E-state index contributed by atoms with van der Waals surface area (Å²) < 4.78 is 17.4. The molecule has 5 aromatic rings. The van der Waals surface area contributed by atoms with Crippen LogP contribution in [0.4, 0.5) is 10.5 Å². The van der Waals surface area contributed by atoms with Crippen molar-refractivity contribution in [2.45, 2.75) is 37.6 Å². The molecule has 4 aromatic carbocycles. The van der Waals surface area contributed by atoms with Gasteiger partial charge in [-0.15, -0.1) is 0 Å². The number of piperidine rings is 3. The minimum Gasteiger partial charge on any atom is -0.506 e. The van der Waals surface area contributed by atoms with Crippen LogP contribution in [0.25, 0.3) is 10.9 Å². The lowest BCUT2D eigenvalue weighted by Crippen LogP contribution is -2.52. The van der Waals surface area contributed by atoms with Crippen molar-refractivity contribution in [3.63, 3.8) is 0 Å². The number of nitrogens with zero attached hydrogens (tertiary/aromatic N) is 1. The Balaban J connectivity index is 0.935. The molecule has 3 aliphatic heterocycles. The Morgan fingerprint density at radius 3 is 2.51 bits per heavy atom. The molecular weight excluding hydrogens is 702 g/mol. The average Bonchev–Trinajstić information content (AvgIpc) is 3.20. The molecule has 6 N–H and O–H groups in total. The molecule has 2 bridgehead atoms. The summed E-state index contributed by atoms with van der Waals surface area (Å²) in [5.74, 6) is 0.950. The molecule has 0 radical (unpaired) electrons. The summed E-state index contributed by atoms with van der Waals surface area (Å²) in [5.41, 5.74) is 3.46. The average molecular weight is 748 g/mol. The molecule has 0 saturated carbocycles. The molecule has 0 spiro atoms. The van der Waals surface area contributed by atoms with Crippen LogP contribution in [0.5, 0.6) is 17.2 Å². The third-order valence-electron chi connectivity index (χ3n) is 10.3. The highest BCUT2D eigenvalue weighted by molar-refractivity contribution is 5.92. The number of anilines is 1. The summed E-state index contributed by atoms with van der Waals surface area (Å²) in [4.78, 5) is 42.9.